The van der Waals surface area contributed by atoms with Crippen LogP contribution in [-0.4, -0.2) is 12.5 Å². The van der Waals surface area contributed by atoms with Crippen molar-refractivity contribution in [2.75, 3.05) is 0 Å². The van der Waals surface area contributed by atoms with Gasteiger partial charge in [0.1, 0.15) is 0 Å². The Morgan fingerprint density at radius 3 is 2.35 bits per heavy atom. The maximum Gasteiger partial charge on any atom is 0.387 e. The normalized spacial score (nSPS) is 12.5. The van der Waals surface area contributed by atoms with E-state index in [0.29, 0.717) is 17.5 Å². The number of ether oxygens (including phenoxy) is 1. The van der Waals surface area contributed by atoms with Gasteiger partial charge in [0.2, 0.25) is 5.91 Å². The van der Waals surface area contributed by atoms with Gasteiger partial charge in [0.15, 0.2) is 11.6 Å². The molecule has 0 spiro atoms. The molecule has 140 valence electrons. The summed E-state index contributed by atoms with van der Waals surface area (Å²) >= 11 is 0. The summed E-state index contributed by atoms with van der Waals surface area (Å²) in [4.78, 5) is 11.7. The van der Waals surface area contributed by atoms with E-state index in [9.17, 15) is 18.0 Å². The number of carbonyl (C=O) groups is 1. The molecule has 1 amide bonds. The SMILES string of the molecule is CC(C)c1ccc(CC(C)c2ccc(OC(F)F)c(F)c2)cc1C(N)=O. The Morgan fingerprint density at radius 2 is 1.81 bits per heavy atom. The molecule has 0 aliphatic carbocycles. The molecule has 2 aromatic carbocycles. The lowest BCUT2D eigenvalue weighted by Gasteiger charge is -2.16. The Labute approximate surface area is 151 Å². The molecule has 1 unspecified atom stereocenters. The lowest BCUT2D eigenvalue weighted by atomic mass is 9.89. The molecule has 2 N–H and O–H groups in total. The fourth-order valence-corrected chi connectivity index (χ4v) is 2.93. The highest BCUT2D eigenvalue weighted by Gasteiger charge is 2.16. The monoisotopic (exact) mass is 365 g/mol. The van der Waals surface area contributed by atoms with Crippen LogP contribution in [0.25, 0.3) is 0 Å². The maximum absolute atomic E-state index is 13.9. The van der Waals surface area contributed by atoms with Crippen LogP contribution in [0.2, 0.25) is 0 Å². The van der Waals surface area contributed by atoms with Crippen molar-refractivity contribution in [3.63, 3.8) is 0 Å². The first-order chi connectivity index (χ1) is 12.2. The first kappa shape index (κ1) is 19.8. The lowest BCUT2D eigenvalue weighted by molar-refractivity contribution is -0.0522. The molecular formula is C20H22F3NO2. The fourth-order valence-electron chi connectivity index (χ4n) is 2.93. The zero-order valence-corrected chi connectivity index (χ0v) is 14.9. The summed E-state index contributed by atoms with van der Waals surface area (Å²) in [6.45, 7) is 2.79. The second-order valence-electron chi connectivity index (χ2n) is 6.61. The second-order valence-corrected chi connectivity index (χ2v) is 6.61. The predicted octanol–water partition coefficient (Wildman–Crippen LogP) is 5.00. The van der Waals surface area contributed by atoms with Crippen molar-refractivity contribution in [2.45, 2.75) is 45.6 Å². The van der Waals surface area contributed by atoms with Crippen LogP contribution >= 0.6 is 0 Å². The van der Waals surface area contributed by atoms with Gasteiger partial charge in [-0.3, -0.25) is 4.79 Å². The van der Waals surface area contributed by atoms with Crippen LogP contribution in [0.15, 0.2) is 36.4 Å². The van der Waals surface area contributed by atoms with Crippen LogP contribution in [-0.2, 0) is 6.42 Å². The van der Waals surface area contributed by atoms with E-state index in [1.807, 2.05) is 32.9 Å². The average Bonchev–Trinajstić information content (AvgIpc) is 2.55. The van der Waals surface area contributed by atoms with E-state index in [4.69, 9.17) is 5.73 Å². The highest BCUT2D eigenvalue weighted by molar-refractivity contribution is 5.94. The summed E-state index contributed by atoms with van der Waals surface area (Å²) < 4.78 is 42.4. The topological polar surface area (TPSA) is 52.3 Å². The second kappa shape index (κ2) is 8.25. The van der Waals surface area contributed by atoms with Crippen LogP contribution in [0.3, 0.4) is 0 Å². The zero-order valence-electron chi connectivity index (χ0n) is 14.9. The van der Waals surface area contributed by atoms with Gasteiger partial charge in [-0.1, -0.05) is 39.0 Å². The molecule has 0 bridgehead atoms. The fraction of sp³-hybridized carbons (Fsp3) is 0.350. The van der Waals surface area contributed by atoms with E-state index in [2.05, 4.69) is 4.74 Å². The van der Waals surface area contributed by atoms with E-state index in [0.717, 1.165) is 11.1 Å². The molecular weight excluding hydrogens is 343 g/mol. The van der Waals surface area contributed by atoms with E-state index >= 15 is 0 Å². The third-order valence-corrected chi connectivity index (χ3v) is 4.29. The Kier molecular flexibility index (Phi) is 6.29. The Hall–Kier alpha value is -2.50. The number of rotatable bonds is 7. The summed E-state index contributed by atoms with van der Waals surface area (Å²) in [7, 11) is 0. The average molecular weight is 365 g/mol. The number of primary amides is 1. The number of nitrogens with two attached hydrogens (primary N) is 1. The predicted molar refractivity (Wildman–Crippen MR) is 94.2 cm³/mol. The first-order valence-corrected chi connectivity index (χ1v) is 8.36. The molecule has 0 fully saturated rings. The number of alkyl halides is 2. The molecule has 2 aromatic rings. The third kappa shape index (κ3) is 4.77. The maximum atomic E-state index is 13.9. The van der Waals surface area contributed by atoms with Gasteiger partial charge in [-0.25, -0.2) is 4.39 Å². The summed E-state index contributed by atoms with van der Waals surface area (Å²) in [5.74, 6) is -1.71. The van der Waals surface area contributed by atoms with Crippen LogP contribution < -0.4 is 10.5 Å². The van der Waals surface area contributed by atoms with Crippen molar-refractivity contribution in [3.05, 3.63) is 64.5 Å². The number of halogens is 3. The molecule has 1 atom stereocenters. The minimum absolute atomic E-state index is 0.0873. The minimum atomic E-state index is -3.07. The number of hydrogen-bond acceptors (Lipinski definition) is 2. The Morgan fingerprint density at radius 1 is 1.12 bits per heavy atom. The quantitative estimate of drug-likeness (QED) is 0.751. The van der Waals surface area contributed by atoms with Crippen molar-refractivity contribution in [2.24, 2.45) is 5.73 Å². The smallest absolute Gasteiger partial charge is 0.387 e. The van der Waals surface area contributed by atoms with Gasteiger partial charge in [0.05, 0.1) is 0 Å². The standard InChI is InChI=1S/C20H22F3NO2/c1-11(2)15-6-4-13(9-16(15)19(24)25)8-12(3)14-5-7-18(17(21)10-14)26-20(22)23/h4-7,9-12,20H,8H2,1-3H3,(H2,24,25). The van der Waals surface area contributed by atoms with Crippen LogP contribution in [0.4, 0.5) is 13.2 Å². The molecule has 0 radical (unpaired) electrons. The summed E-state index contributed by atoms with van der Waals surface area (Å²) in [5, 5.41) is 0. The summed E-state index contributed by atoms with van der Waals surface area (Å²) in [6, 6.07) is 9.52. The largest absolute Gasteiger partial charge is 0.432 e. The molecule has 26 heavy (non-hydrogen) atoms. The molecule has 0 aromatic heterocycles. The molecule has 2 rings (SSSR count). The van der Waals surface area contributed by atoms with Crippen LogP contribution in [0.5, 0.6) is 5.75 Å². The minimum Gasteiger partial charge on any atom is -0.432 e. The molecule has 0 aliphatic rings. The number of benzene rings is 2. The molecule has 0 saturated heterocycles. The van der Waals surface area contributed by atoms with E-state index < -0.39 is 24.1 Å². The van der Waals surface area contributed by atoms with Gasteiger partial charge < -0.3 is 10.5 Å². The van der Waals surface area contributed by atoms with Crippen molar-refractivity contribution in [3.8, 4) is 5.75 Å². The van der Waals surface area contributed by atoms with Crippen molar-refractivity contribution < 1.29 is 22.7 Å². The first-order valence-electron chi connectivity index (χ1n) is 8.36. The van der Waals surface area contributed by atoms with E-state index in [1.54, 1.807) is 12.1 Å². The van der Waals surface area contributed by atoms with Crippen molar-refractivity contribution in [1.82, 2.24) is 0 Å². The molecule has 0 heterocycles. The van der Waals surface area contributed by atoms with Crippen molar-refractivity contribution in [1.29, 1.82) is 0 Å². The number of carbonyl (C=O) groups excluding carboxylic acids is 1. The highest BCUT2D eigenvalue weighted by atomic mass is 19.3. The Balaban J connectivity index is 2.22. The van der Waals surface area contributed by atoms with Crippen molar-refractivity contribution >= 4 is 5.91 Å². The zero-order chi connectivity index (χ0) is 19.4. The number of amides is 1. The van der Waals surface area contributed by atoms with Crippen LogP contribution in [0, 0.1) is 5.82 Å². The van der Waals surface area contributed by atoms with Gasteiger partial charge in [-0.05, 0) is 53.1 Å². The van der Waals surface area contributed by atoms with E-state index in [1.165, 1.54) is 12.1 Å². The molecule has 0 saturated carbocycles. The summed E-state index contributed by atoms with van der Waals surface area (Å²) in [6.07, 6.45) is 0.549. The van der Waals surface area contributed by atoms with Gasteiger partial charge in [-0.15, -0.1) is 0 Å². The molecule has 6 heteroatoms. The number of hydrogen-bond donors (Lipinski definition) is 1. The van der Waals surface area contributed by atoms with Gasteiger partial charge in [0, 0.05) is 5.56 Å². The van der Waals surface area contributed by atoms with E-state index in [-0.39, 0.29) is 11.8 Å². The molecule has 0 aliphatic heterocycles. The lowest BCUT2D eigenvalue weighted by Crippen LogP contribution is -2.15. The summed E-state index contributed by atoms with van der Waals surface area (Å²) in [5.41, 5.74) is 8.38. The van der Waals surface area contributed by atoms with Gasteiger partial charge in [-0.2, -0.15) is 8.78 Å². The van der Waals surface area contributed by atoms with Gasteiger partial charge >= 0.3 is 6.61 Å². The third-order valence-electron chi connectivity index (χ3n) is 4.29. The highest BCUT2D eigenvalue weighted by Crippen LogP contribution is 2.28. The van der Waals surface area contributed by atoms with Crippen LogP contribution in [0.1, 0.15) is 59.7 Å². The molecule has 3 nitrogen and oxygen atoms in total. The van der Waals surface area contributed by atoms with Gasteiger partial charge in [0.25, 0.3) is 0 Å². The Bertz CT molecular complexity index is 791.